The van der Waals surface area contributed by atoms with E-state index in [4.69, 9.17) is 0 Å². The highest BCUT2D eigenvalue weighted by atomic mass is 19.4. The van der Waals surface area contributed by atoms with Gasteiger partial charge in [-0.25, -0.2) is 0 Å². The molecule has 1 atom stereocenters. The maximum atomic E-state index is 12.7. The van der Waals surface area contributed by atoms with Crippen LogP contribution in [0.15, 0.2) is 48.5 Å². The zero-order chi connectivity index (χ0) is 15.1. The standard InChI is InChI=1S/C18H17F3/c1-17(12-4-6-13-5-2-3-7-16(13)17)14-8-10-15(11-9-14)18(19,20)21/h2-3,5,7-11H,4,6,12H2,1H3. The third kappa shape index (κ3) is 2.45. The van der Waals surface area contributed by atoms with E-state index in [-0.39, 0.29) is 5.41 Å². The van der Waals surface area contributed by atoms with Gasteiger partial charge in [0.25, 0.3) is 0 Å². The fourth-order valence-electron chi connectivity index (χ4n) is 3.37. The number of halogens is 3. The Kier molecular flexibility index (Phi) is 3.31. The van der Waals surface area contributed by atoms with Gasteiger partial charge in [0, 0.05) is 5.41 Å². The van der Waals surface area contributed by atoms with Gasteiger partial charge in [-0.1, -0.05) is 43.3 Å². The summed E-state index contributed by atoms with van der Waals surface area (Å²) in [6.45, 7) is 2.13. The number of alkyl halides is 3. The van der Waals surface area contributed by atoms with Crippen molar-refractivity contribution in [1.82, 2.24) is 0 Å². The highest BCUT2D eigenvalue weighted by Crippen LogP contribution is 2.42. The van der Waals surface area contributed by atoms with Crippen LogP contribution in [-0.2, 0) is 18.0 Å². The number of fused-ring (bicyclic) bond motifs is 1. The Bertz CT molecular complexity index is 640. The van der Waals surface area contributed by atoms with Crippen LogP contribution in [0.4, 0.5) is 13.2 Å². The fraction of sp³-hybridized carbons (Fsp3) is 0.333. The molecule has 0 saturated heterocycles. The van der Waals surface area contributed by atoms with Crippen molar-refractivity contribution >= 4 is 0 Å². The van der Waals surface area contributed by atoms with E-state index in [0.717, 1.165) is 24.8 Å². The first-order valence-electron chi connectivity index (χ1n) is 7.17. The molecule has 3 heteroatoms. The topological polar surface area (TPSA) is 0 Å². The van der Waals surface area contributed by atoms with Crippen molar-refractivity contribution in [2.75, 3.05) is 0 Å². The summed E-state index contributed by atoms with van der Waals surface area (Å²) in [6.07, 6.45) is -1.19. The van der Waals surface area contributed by atoms with Crippen LogP contribution in [0.1, 0.15) is 42.0 Å². The summed E-state index contributed by atoms with van der Waals surface area (Å²) in [7, 11) is 0. The molecule has 2 aromatic rings. The first-order chi connectivity index (χ1) is 9.91. The number of hydrogen-bond donors (Lipinski definition) is 0. The molecule has 0 nitrogen and oxygen atoms in total. The van der Waals surface area contributed by atoms with Gasteiger partial charge >= 0.3 is 6.18 Å². The molecule has 0 aliphatic heterocycles. The van der Waals surface area contributed by atoms with Crippen LogP contribution in [0.2, 0.25) is 0 Å². The minimum Gasteiger partial charge on any atom is -0.166 e. The average Bonchev–Trinajstić information content (AvgIpc) is 2.47. The van der Waals surface area contributed by atoms with E-state index >= 15 is 0 Å². The molecule has 0 fully saturated rings. The summed E-state index contributed by atoms with van der Waals surface area (Å²) < 4.78 is 38.1. The van der Waals surface area contributed by atoms with Gasteiger partial charge in [-0.3, -0.25) is 0 Å². The van der Waals surface area contributed by atoms with Gasteiger partial charge in [-0.05, 0) is 48.1 Å². The molecular weight excluding hydrogens is 273 g/mol. The highest BCUT2D eigenvalue weighted by Gasteiger charge is 2.35. The average molecular weight is 290 g/mol. The zero-order valence-corrected chi connectivity index (χ0v) is 11.9. The summed E-state index contributed by atoms with van der Waals surface area (Å²) in [5.74, 6) is 0. The Morgan fingerprint density at radius 1 is 0.952 bits per heavy atom. The molecular formula is C18H17F3. The van der Waals surface area contributed by atoms with Gasteiger partial charge in [-0.2, -0.15) is 13.2 Å². The van der Waals surface area contributed by atoms with Crippen LogP contribution in [0.5, 0.6) is 0 Å². The van der Waals surface area contributed by atoms with Gasteiger partial charge in [-0.15, -0.1) is 0 Å². The van der Waals surface area contributed by atoms with Gasteiger partial charge in [0.1, 0.15) is 0 Å². The molecule has 1 aliphatic carbocycles. The van der Waals surface area contributed by atoms with E-state index in [0.29, 0.717) is 0 Å². The normalized spacial score (nSPS) is 21.9. The Labute approximate surface area is 122 Å². The molecule has 0 bridgehead atoms. The molecule has 0 saturated carbocycles. The first-order valence-corrected chi connectivity index (χ1v) is 7.17. The highest BCUT2D eigenvalue weighted by molar-refractivity contribution is 5.45. The molecule has 3 rings (SSSR count). The Morgan fingerprint density at radius 3 is 2.29 bits per heavy atom. The van der Waals surface area contributed by atoms with Gasteiger partial charge in [0.15, 0.2) is 0 Å². The lowest BCUT2D eigenvalue weighted by Crippen LogP contribution is -2.28. The minimum atomic E-state index is -4.27. The monoisotopic (exact) mass is 290 g/mol. The number of rotatable bonds is 1. The maximum absolute atomic E-state index is 12.7. The zero-order valence-electron chi connectivity index (χ0n) is 11.9. The second kappa shape index (κ2) is 4.90. The Balaban J connectivity index is 2.04. The quantitative estimate of drug-likeness (QED) is 0.664. The third-order valence-corrected chi connectivity index (χ3v) is 4.58. The molecule has 0 aromatic heterocycles. The van der Waals surface area contributed by atoms with Gasteiger partial charge in [0.2, 0.25) is 0 Å². The van der Waals surface area contributed by atoms with Crippen LogP contribution < -0.4 is 0 Å². The molecule has 21 heavy (non-hydrogen) atoms. The van der Waals surface area contributed by atoms with Crippen molar-refractivity contribution in [3.8, 4) is 0 Å². The summed E-state index contributed by atoms with van der Waals surface area (Å²) >= 11 is 0. The van der Waals surface area contributed by atoms with E-state index in [9.17, 15) is 13.2 Å². The second-order valence-electron chi connectivity index (χ2n) is 5.92. The van der Waals surface area contributed by atoms with E-state index in [1.807, 2.05) is 12.1 Å². The first kappa shape index (κ1) is 14.2. The maximum Gasteiger partial charge on any atom is 0.416 e. The van der Waals surface area contributed by atoms with E-state index in [2.05, 4.69) is 19.1 Å². The molecule has 0 spiro atoms. The number of aryl methyl sites for hydroxylation is 1. The summed E-state index contributed by atoms with van der Waals surface area (Å²) in [4.78, 5) is 0. The van der Waals surface area contributed by atoms with Crippen molar-refractivity contribution < 1.29 is 13.2 Å². The van der Waals surface area contributed by atoms with Crippen LogP contribution in [0.3, 0.4) is 0 Å². The van der Waals surface area contributed by atoms with Crippen LogP contribution in [-0.4, -0.2) is 0 Å². The van der Waals surface area contributed by atoms with Crippen molar-refractivity contribution in [2.24, 2.45) is 0 Å². The smallest absolute Gasteiger partial charge is 0.166 e. The van der Waals surface area contributed by atoms with E-state index < -0.39 is 11.7 Å². The lowest BCUT2D eigenvalue weighted by atomic mass is 9.67. The number of hydrogen-bond acceptors (Lipinski definition) is 0. The van der Waals surface area contributed by atoms with Crippen LogP contribution in [0, 0.1) is 0 Å². The van der Waals surface area contributed by atoms with Crippen molar-refractivity contribution in [3.63, 3.8) is 0 Å². The van der Waals surface area contributed by atoms with Gasteiger partial charge in [0.05, 0.1) is 5.56 Å². The predicted octanol–water partition coefficient (Wildman–Crippen LogP) is 5.35. The summed E-state index contributed by atoms with van der Waals surface area (Å²) in [5.41, 5.74) is 2.74. The SMILES string of the molecule is CC1(c2ccc(C(F)(F)F)cc2)CCCc2ccccc21. The fourth-order valence-corrected chi connectivity index (χ4v) is 3.37. The lowest BCUT2D eigenvalue weighted by molar-refractivity contribution is -0.137. The van der Waals surface area contributed by atoms with E-state index in [1.54, 1.807) is 12.1 Å². The van der Waals surface area contributed by atoms with Crippen LogP contribution in [0.25, 0.3) is 0 Å². The summed E-state index contributed by atoms with van der Waals surface area (Å²) in [6, 6.07) is 13.9. The Morgan fingerprint density at radius 2 is 1.62 bits per heavy atom. The van der Waals surface area contributed by atoms with E-state index in [1.165, 1.54) is 23.3 Å². The Hall–Kier alpha value is -1.77. The summed E-state index contributed by atoms with van der Waals surface area (Å²) in [5, 5.41) is 0. The van der Waals surface area contributed by atoms with Crippen molar-refractivity contribution in [3.05, 3.63) is 70.8 Å². The van der Waals surface area contributed by atoms with Crippen LogP contribution >= 0.6 is 0 Å². The number of benzene rings is 2. The molecule has 0 heterocycles. The molecule has 0 N–H and O–H groups in total. The molecule has 1 aliphatic rings. The molecule has 2 aromatic carbocycles. The third-order valence-electron chi connectivity index (χ3n) is 4.58. The molecule has 0 amide bonds. The van der Waals surface area contributed by atoms with Gasteiger partial charge < -0.3 is 0 Å². The lowest BCUT2D eigenvalue weighted by Gasteiger charge is -2.36. The molecule has 110 valence electrons. The van der Waals surface area contributed by atoms with Crippen molar-refractivity contribution in [1.29, 1.82) is 0 Å². The molecule has 1 unspecified atom stereocenters. The predicted molar refractivity (Wildman–Crippen MR) is 77.3 cm³/mol. The minimum absolute atomic E-state index is 0.195. The largest absolute Gasteiger partial charge is 0.416 e. The van der Waals surface area contributed by atoms with Crippen molar-refractivity contribution in [2.45, 2.75) is 37.8 Å². The second-order valence-corrected chi connectivity index (χ2v) is 5.92. The molecule has 0 radical (unpaired) electrons.